The summed E-state index contributed by atoms with van der Waals surface area (Å²) in [6.07, 6.45) is -0.181. The predicted molar refractivity (Wildman–Crippen MR) is 97.4 cm³/mol. The topological polar surface area (TPSA) is 49.4 Å². The quantitative estimate of drug-likeness (QED) is 0.839. The highest BCUT2D eigenvalue weighted by atomic mass is 35.5. The van der Waals surface area contributed by atoms with E-state index in [9.17, 15) is 14.0 Å². The molecule has 4 nitrogen and oxygen atoms in total. The van der Waals surface area contributed by atoms with Gasteiger partial charge < -0.3 is 10.2 Å². The van der Waals surface area contributed by atoms with Gasteiger partial charge in [0.1, 0.15) is 5.82 Å². The molecule has 0 fully saturated rings. The molecule has 25 heavy (non-hydrogen) atoms. The SMILES string of the molecule is CCN(CC)C(=O)c1cccc(NC(=O)Cc2c(F)cccc2Cl)c1. The second kappa shape index (κ2) is 8.62. The van der Waals surface area contributed by atoms with E-state index in [0.717, 1.165) is 0 Å². The number of anilines is 1. The molecule has 2 aromatic carbocycles. The van der Waals surface area contributed by atoms with Crippen LogP contribution >= 0.6 is 11.6 Å². The molecule has 2 aromatic rings. The maximum absolute atomic E-state index is 13.8. The van der Waals surface area contributed by atoms with Crippen LogP contribution in [0, 0.1) is 5.82 Å². The molecule has 0 radical (unpaired) electrons. The predicted octanol–water partition coefficient (Wildman–Crippen LogP) is 4.14. The minimum atomic E-state index is -0.520. The molecule has 0 aliphatic carbocycles. The largest absolute Gasteiger partial charge is 0.339 e. The van der Waals surface area contributed by atoms with Crippen molar-refractivity contribution in [3.63, 3.8) is 0 Å². The van der Waals surface area contributed by atoms with Gasteiger partial charge in [0.15, 0.2) is 0 Å². The lowest BCUT2D eigenvalue weighted by molar-refractivity contribution is -0.115. The summed E-state index contributed by atoms with van der Waals surface area (Å²) in [5.41, 5.74) is 1.12. The third-order valence-electron chi connectivity index (χ3n) is 3.84. The Morgan fingerprint density at radius 1 is 1.12 bits per heavy atom. The molecule has 6 heteroatoms. The zero-order chi connectivity index (χ0) is 18.4. The van der Waals surface area contributed by atoms with Gasteiger partial charge in [-0.1, -0.05) is 23.7 Å². The van der Waals surface area contributed by atoms with Crippen LogP contribution < -0.4 is 5.32 Å². The number of nitrogens with one attached hydrogen (secondary N) is 1. The lowest BCUT2D eigenvalue weighted by atomic mass is 10.1. The van der Waals surface area contributed by atoms with Crippen molar-refractivity contribution in [2.45, 2.75) is 20.3 Å². The van der Waals surface area contributed by atoms with Crippen molar-refractivity contribution in [1.82, 2.24) is 4.90 Å². The summed E-state index contributed by atoms with van der Waals surface area (Å²) in [6.45, 7) is 5.03. The fourth-order valence-corrected chi connectivity index (χ4v) is 2.72. The van der Waals surface area contributed by atoms with E-state index in [2.05, 4.69) is 5.32 Å². The van der Waals surface area contributed by atoms with Gasteiger partial charge in [0, 0.05) is 34.9 Å². The van der Waals surface area contributed by atoms with Crippen molar-refractivity contribution >= 4 is 29.1 Å². The van der Waals surface area contributed by atoms with Gasteiger partial charge >= 0.3 is 0 Å². The van der Waals surface area contributed by atoms with Crippen LogP contribution in [0.1, 0.15) is 29.8 Å². The number of amides is 2. The number of nitrogens with zero attached hydrogens (tertiary/aromatic N) is 1. The minimum absolute atomic E-state index is 0.0988. The number of halogens is 2. The van der Waals surface area contributed by atoms with E-state index in [1.165, 1.54) is 18.2 Å². The van der Waals surface area contributed by atoms with Gasteiger partial charge in [0.25, 0.3) is 5.91 Å². The van der Waals surface area contributed by atoms with Gasteiger partial charge in [-0.2, -0.15) is 0 Å². The maximum Gasteiger partial charge on any atom is 0.253 e. The van der Waals surface area contributed by atoms with Crippen molar-refractivity contribution in [3.8, 4) is 0 Å². The second-order valence-corrected chi connectivity index (χ2v) is 5.89. The first-order valence-corrected chi connectivity index (χ1v) is 8.46. The Labute approximate surface area is 151 Å². The first-order chi connectivity index (χ1) is 12.0. The average Bonchev–Trinajstić information content (AvgIpc) is 2.59. The number of carbonyl (C=O) groups is 2. The average molecular weight is 363 g/mol. The monoisotopic (exact) mass is 362 g/mol. The molecule has 0 aliphatic heterocycles. The first-order valence-electron chi connectivity index (χ1n) is 8.08. The van der Waals surface area contributed by atoms with E-state index in [4.69, 9.17) is 11.6 Å². The molecular formula is C19H20ClFN2O2. The van der Waals surface area contributed by atoms with E-state index in [0.29, 0.717) is 24.3 Å². The summed E-state index contributed by atoms with van der Waals surface area (Å²) in [6, 6.07) is 11.0. The van der Waals surface area contributed by atoms with Gasteiger partial charge in [0.05, 0.1) is 6.42 Å². The Bertz CT molecular complexity index is 756. The standard InChI is InChI=1S/C19H20ClFN2O2/c1-3-23(4-2)19(25)13-7-5-8-14(11-13)22-18(24)12-15-16(20)9-6-10-17(15)21/h5-11H,3-4,12H2,1-2H3,(H,22,24). The number of rotatable bonds is 6. The van der Waals surface area contributed by atoms with Gasteiger partial charge in [-0.25, -0.2) is 4.39 Å². The van der Waals surface area contributed by atoms with Crippen LogP contribution in [0.2, 0.25) is 5.02 Å². The van der Waals surface area contributed by atoms with Crippen LogP contribution in [-0.4, -0.2) is 29.8 Å². The third-order valence-corrected chi connectivity index (χ3v) is 4.20. The lowest BCUT2D eigenvalue weighted by Gasteiger charge is -2.19. The number of carbonyl (C=O) groups excluding carboxylic acids is 2. The van der Waals surface area contributed by atoms with Crippen LogP contribution in [-0.2, 0) is 11.2 Å². The smallest absolute Gasteiger partial charge is 0.253 e. The molecule has 2 amide bonds. The van der Waals surface area contributed by atoms with Crippen LogP contribution in [0.15, 0.2) is 42.5 Å². The number of hydrogen-bond acceptors (Lipinski definition) is 2. The van der Waals surface area contributed by atoms with Crippen molar-refractivity contribution in [1.29, 1.82) is 0 Å². The molecule has 2 rings (SSSR count). The van der Waals surface area contributed by atoms with Crippen LogP contribution in [0.5, 0.6) is 0 Å². The van der Waals surface area contributed by atoms with Crippen molar-refractivity contribution in [3.05, 3.63) is 64.4 Å². The van der Waals surface area contributed by atoms with Crippen molar-refractivity contribution in [2.24, 2.45) is 0 Å². The molecule has 1 N–H and O–H groups in total. The zero-order valence-electron chi connectivity index (χ0n) is 14.2. The Morgan fingerprint density at radius 2 is 1.80 bits per heavy atom. The highest BCUT2D eigenvalue weighted by molar-refractivity contribution is 6.31. The molecule has 0 heterocycles. The molecule has 0 saturated carbocycles. The Kier molecular flexibility index (Phi) is 6.53. The first kappa shape index (κ1) is 18.9. The molecule has 0 spiro atoms. The van der Waals surface area contributed by atoms with Crippen LogP contribution in [0.4, 0.5) is 10.1 Å². The summed E-state index contributed by atoms with van der Waals surface area (Å²) in [5, 5.41) is 2.89. The van der Waals surface area contributed by atoms with E-state index >= 15 is 0 Å². The minimum Gasteiger partial charge on any atom is -0.339 e. The third kappa shape index (κ3) is 4.79. The van der Waals surface area contributed by atoms with Crippen molar-refractivity contribution in [2.75, 3.05) is 18.4 Å². The van der Waals surface area contributed by atoms with E-state index < -0.39 is 11.7 Å². The molecule has 0 aromatic heterocycles. The molecule has 132 valence electrons. The summed E-state index contributed by atoms with van der Waals surface area (Å²) < 4.78 is 13.8. The molecule has 0 bridgehead atoms. The second-order valence-electron chi connectivity index (χ2n) is 5.48. The fourth-order valence-electron chi connectivity index (χ4n) is 2.49. The lowest BCUT2D eigenvalue weighted by Crippen LogP contribution is -2.30. The zero-order valence-corrected chi connectivity index (χ0v) is 14.9. The maximum atomic E-state index is 13.8. The van der Waals surface area contributed by atoms with Gasteiger partial charge in [0.2, 0.25) is 5.91 Å². The van der Waals surface area contributed by atoms with Crippen LogP contribution in [0.3, 0.4) is 0 Å². The molecule has 0 aliphatic rings. The Balaban J connectivity index is 2.11. The van der Waals surface area contributed by atoms with Crippen LogP contribution in [0.25, 0.3) is 0 Å². The molecular weight excluding hydrogens is 343 g/mol. The van der Waals surface area contributed by atoms with Gasteiger partial charge in [-0.15, -0.1) is 0 Å². The van der Waals surface area contributed by atoms with E-state index in [1.54, 1.807) is 29.2 Å². The highest BCUT2D eigenvalue weighted by Gasteiger charge is 2.15. The molecule has 0 saturated heterocycles. The Morgan fingerprint density at radius 3 is 2.44 bits per heavy atom. The van der Waals surface area contributed by atoms with E-state index in [-0.39, 0.29) is 22.9 Å². The van der Waals surface area contributed by atoms with Gasteiger partial charge in [-0.05, 0) is 44.2 Å². The summed E-state index contributed by atoms with van der Waals surface area (Å²) >= 11 is 5.94. The molecule has 0 unspecified atom stereocenters. The van der Waals surface area contributed by atoms with Crippen molar-refractivity contribution < 1.29 is 14.0 Å². The fraction of sp³-hybridized carbons (Fsp3) is 0.263. The Hall–Kier alpha value is -2.40. The number of hydrogen-bond donors (Lipinski definition) is 1. The summed E-state index contributed by atoms with van der Waals surface area (Å²) in [7, 11) is 0. The number of benzene rings is 2. The van der Waals surface area contributed by atoms with Gasteiger partial charge in [-0.3, -0.25) is 9.59 Å². The van der Waals surface area contributed by atoms with E-state index in [1.807, 2.05) is 13.8 Å². The highest BCUT2D eigenvalue weighted by Crippen LogP contribution is 2.20. The summed E-state index contributed by atoms with van der Waals surface area (Å²) in [5.74, 6) is -1.02. The summed E-state index contributed by atoms with van der Waals surface area (Å²) in [4.78, 5) is 26.2. The normalized spacial score (nSPS) is 10.4. The molecule has 0 atom stereocenters.